The first-order chi connectivity index (χ1) is 6.88. The van der Waals surface area contributed by atoms with Crippen LogP contribution in [0.4, 0.5) is 5.82 Å². The Kier molecular flexibility index (Phi) is 2.87. The quantitative estimate of drug-likeness (QED) is 0.794. The maximum absolute atomic E-state index is 5.04. The van der Waals surface area contributed by atoms with Crippen molar-refractivity contribution in [2.45, 2.75) is 19.3 Å². The van der Waals surface area contributed by atoms with Crippen molar-refractivity contribution in [3.8, 4) is 5.75 Å². The molecule has 0 aromatic carbocycles. The van der Waals surface area contributed by atoms with Crippen LogP contribution >= 0.6 is 0 Å². The van der Waals surface area contributed by atoms with Gasteiger partial charge < -0.3 is 10.1 Å². The molecule has 0 unspecified atom stereocenters. The standard InChI is InChI=1S/C11H16N2O/c1-14-10-5-6-11(13-8-10)12-7-9-3-2-4-9/h5-6,8-9H,2-4,7H2,1H3,(H,12,13). The molecule has 1 aliphatic rings. The Morgan fingerprint density at radius 3 is 2.86 bits per heavy atom. The average molecular weight is 192 g/mol. The molecular weight excluding hydrogens is 176 g/mol. The zero-order chi connectivity index (χ0) is 9.80. The first-order valence-corrected chi connectivity index (χ1v) is 5.12. The van der Waals surface area contributed by atoms with Crippen LogP contribution in [-0.4, -0.2) is 18.6 Å². The fraction of sp³-hybridized carbons (Fsp3) is 0.545. The van der Waals surface area contributed by atoms with Crippen LogP contribution in [-0.2, 0) is 0 Å². The molecule has 0 bridgehead atoms. The first kappa shape index (κ1) is 9.31. The molecule has 1 aromatic rings. The van der Waals surface area contributed by atoms with Crippen LogP contribution in [0, 0.1) is 5.92 Å². The maximum atomic E-state index is 5.04. The number of methoxy groups -OCH3 is 1. The molecule has 14 heavy (non-hydrogen) atoms. The molecule has 2 rings (SSSR count). The molecule has 1 saturated carbocycles. The van der Waals surface area contributed by atoms with Crippen molar-refractivity contribution in [3.63, 3.8) is 0 Å². The Morgan fingerprint density at radius 2 is 2.36 bits per heavy atom. The minimum Gasteiger partial charge on any atom is -0.495 e. The highest BCUT2D eigenvalue weighted by molar-refractivity contribution is 5.37. The van der Waals surface area contributed by atoms with E-state index < -0.39 is 0 Å². The van der Waals surface area contributed by atoms with E-state index in [1.165, 1.54) is 19.3 Å². The topological polar surface area (TPSA) is 34.1 Å². The lowest BCUT2D eigenvalue weighted by atomic mass is 9.85. The van der Waals surface area contributed by atoms with Crippen molar-refractivity contribution in [2.75, 3.05) is 19.0 Å². The second-order valence-electron chi connectivity index (χ2n) is 3.76. The smallest absolute Gasteiger partial charge is 0.137 e. The molecule has 1 fully saturated rings. The lowest BCUT2D eigenvalue weighted by molar-refractivity contribution is 0.333. The highest BCUT2D eigenvalue weighted by Crippen LogP contribution is 2.26. The van der Waals surface area contributed by atoms with Gasteiger partial charge in [0.2, 0.25) is 0 Å². The maximum Gasteiger partial charge on any atom is 0.137 e. The zero-order valence-electron chi connectivity index (χ0n) is 8.49. The van der Waals surface area contributed by atoms with Crippen molar-refractivity contribution >= 4 is 5.82 Å². The molecule has 0 atom stereocenters. The summed E-state index contributed by atoms with van der Waals surface area (Å²) in [4.78, 5) is 4.24. The van der Waals surface area contributed by atoms with Crippen LogP contribution in [0.25, 0.3) is 0 Å². The summed E-state index contributed by atoms with van der Waals surface area (Å²) in [6.07, 6.45) is 5.86. The van der Waals surface area contributed by atoms with E-state index >= 15 is 0 Å². The number of hydrogen-bond acceptors (Lipinski definition) is 3. The molecule has 0 amide bonds. The second kappa shape index (κ2) is 4.31. The van der Waals surface area contributed by atoms with Gasteiger partial charge in [0.15, 0.2) is 0 Å². The lowest BCUT2D eigenvalue weighted by Crippen LogP contribution is -2.21. The molecule has 0 saturated heterocycles. The van der Waals surface area contributed by atoms with Gasteiger partial charge >= 0.3 is 0 Å². The van der Waals surface area contributed by atoms with Gasteiger partial charge in [-0.05, 0) is 30.9 Å². The Morgan fingerprint density at radius 1 is 1.50 bits per heavy atom. The highest BCUT2D eigenvalue weighted by atomic mass is 16.5. The SMILES string of the molecule is COc1ccc(NCC2CCC2)nc1. The normalized spacial score (nSPS) is 16.1. The van der Waals surface area contributed by atoms with E-state index in [2.05, 4.69) is 10.3 Å². The summed E-state index contributed by atoms with van der Waals surface area (Å²) in [6, 6.07) is 3.88. The Bertz CT molecular complexity index is 280. The van der Waals surface area contributed by atoms with Gasteiger partial charge in [0.05, 0.1) is 13.3 Å². The minimum atomic E-state index is 0.805. The molecule has 1 heterocycles. The van der Waals surface area contributed by atoms with Crippen LogP contribution in [0.3, 0.4) is 0 Å². The number of nitrogens with zero attached hydrogens (tertiary/aromatic N) is 1. The molecule has 3 heteroatoms. The number of ether oxygens (including phenoxy) is 1. The second-order valence-corrected chi connectivity index (χ2v) is 3.76. The number of pyridine rings is 1. The molecule has 76 valence electrons. The largest absolute Gasteiger partial charge is 0.495 e. The van der Waals surface area contributed by atoms with E-state index in [0.29, 0.717) is 0 Å². The summed E-state index contributed by atoms with van der Waals surface area (Å²) in [5.74, 6) is 2.61. The van der Waals surface area contributed by atoms with Gasteiger partial charge in [0.25, 0.3) is 0 Å². The van der Waals surface area contributed by atoms with Crippen molar-refractivity contribution in [1.29, 1.82) is 0 Å². The summed E-state index contributed by atoms with van der Waals surface area (Å²) in [7, 11) is 1.65. The fourth-order valence-corrected chi connectivity index (χ4v) is 1.55. The van der Waals surface area contributed by atoms with Crippen molar-refractivity contribution in [3.05, 3.63) is 18.3 Å². The van der Waals surface area contributed by atoms with Crippen LogP contribution in [0.2, 0.25) is 0 Å². The molecule has 0 radical (unpaired) electrons. The molecule has 1 aliphatic carbocycles. The summed E-state index contributed by atoms with van der Waals surface area (Å²) in [5, 5.41) is 3.33. The number of hydrogen-bond donors (Lipinski definition) is 1. The third-order valence-electron chi connectivity index (χ3n) is 2.77. The lowest BCUT2D eigenvalue weighted by Gasteiger charge is -2.25. The van der Waals surface area contributed by atoms with Crippen LogP contribution in [0.5, 0.6) is 5.75 Å². The predicted molar refractivity (Wildman–Crippen MR) is 56.6 cm³/mol. The van der Waals surface area contributed by atoms with Gasteiger partial charge in [0, 0.05) is 6.54 Å². The predicted octanol–water partition coefficient (Wildman–Crippen LogP) is 2.30. The third kappa shape index (κ3) is 2.16. The van der Waals surface area contributed by atoms with E-state index in [0.717, 1.165) is 24.0 Å². The van der Waals surface area contributed by atoms with Gasteiger partial charge in [-0.25, -0.2) is 4.98 Å². The van der Waals surface area contributed by atoms with E-state index in [1.807, 2.05) is 12.1 Å². The van der Waals surface area contributed by atoms with E-state index in [4.69, 9.17) is 4.74 Å². The Labute approximate surface area is 84.5 Å². The molecule has 1 N–H and O–H groups in total. The summed E-state index contributed by atoms with van der Waals surface area (Å²) >= 11 is 0. The number of rotatable bonds is 4. The molecule has 1 aromatic heterocycles. The minimum absolute atomic E-state index is 0.805. The van der Waals surface area contributed by atoms with Crippen LogP contribution < -0.4 is 10.1 Å². The summed E-state index contributed by atoms with van der Waals surface area (Å²) < 4.78 is 5.04. The Hall–Kier alpha value is -1.25. The van der Waals surface area contributed by atoms with Crippen molar-refractivity contribution in [1.82, 2.24) is 4.98 Å². The zero-order valence-corrected chi connectivity index (χ0v) is 8.49. The fourth-order valence-electron chi connectivity index (χ4n) is 1.55. The monoisotopic (exact) mass is 192 g/mol. The molecular formula is C11H16N2O. The van der Waals surface area contributed by atoms with Crippen molar-refractivity contribution < 1.29 is 4.74 Å². The van der Waals surface area contributed by atoms with Gasteiger partial charge in [-0.2, -0.15) is 0 Å². The van der Waals surface area contributed by atoms with Crippen LogP contribution in [0.15, 0.2) is 18.3 Å². The van der Waals surface area contributed by atoms with Crippen LogP contribution in [0.1, 0.15) is 19.3 Å². The van der Waals surface area contributed by atoms with E-state index in [-0.39, 0.29) is 0 Å². The van der Waals surface area contributed by atoms with E-state index in [1.54, 1.807) is 13.3 Å². The highest BCUT2D eigenvalue weighted by Gasteiger charge is 2.16. The van der Waals surface area contributed by atoms with Gasteiger partial charge in [0.1, 0.15) is 11.6 Å². The molecule has 0 aliphatic heterocycles. The van der Waals surface area contributed by atoms with Gasteiger partial charge in [-0.3, -0.25) is 0 Å². The summed E-state index contributed by atoms with van der Waals surface area (Å²) in [5.41, 5.74) is 0. The number of nitrogens with one attached hydrogen (secondary N) is 1. The average Bonchev–Trinajstić information content (AvgIpc) is 2.16. The summed E-state index contributed by atoms with van der Waals surface area (Å²) in [6.45, 7) is 1.05. The molecule has 3 nitrogen and oxygen atoms in total. The van der Waals surface area contributed by atoms with Gasteiger partial charge in [-0.15, -0.1) is 0 Å². The van der Waals surface area contributed by atoms with Crippen molar-refractivity contribution in [2.24, 2.45) is 5.92 Å². The van der Waals surface area contributed by atoms with Gasteiger partial charge in [-0.1, -0.05) is 6.42 Å². The third-order valence-corrected chi connectivity index (χ3v) is 2.77. The first-order valence-electron chi connectivity index (χ1n) is 5.12. The Balaban J connectivity index is 1.83. The van der Waals surface area contributed by atoms with E-state index in [9.17, 15) is 0 Å². The number of aromatic nitrogens is 1. The number of anilines is 1. The molecule has 0 spiro atoms.